The van der Waals surface area contributed by atoms with E-state index in [1.165, 1.54) is 11.1 Å². The number of ether oxygens (including phenoxy) is 1. The van der Waals surface area contributed by atoms with Crippen LogP contribution in [0.4, 0.5) is 5.69 Å². The summed E-state index contributed by atoms with van der Waals surface area (Å²) in [6.07, 6.45) is 4.82. The molecule has 8 heteroatoms. The molecular weight excluding hydrogens is 404 g/mol. The second-order valence-electron chi connectivity index (χ2n) is 6.39. The number of carbonyl (C=O) groups excluding carboxylic acids is 2. The average Bonchev–Trinajstić information content (AvgIpc) is 2.75. The standard InChI is InChI=1S/C22H21ClN4O3/c1-2-30-21-12-17(9-11-25-21)22(29)27(14-16-4-3-10-24-13-16)15-20(28)26-19-7-5-18(23)6-8-19/h3-13H,2,14-15H2,1H3,(H,26,28). The fourth-order valence-corrected chi connectivity index (χ4v) is 2.90. The molecule has 0 spiro atoms. The largest absolute Gasteiger partial charge is 0.478 e. The molecule has 2 aromatic heterocycles. The molecule has 7 nitrogen and oxygen atoms in total. The van der Waals surface area contributed by atoms with Gasteiger partial charge in [0.25, 0.3) is 5.91 Å². The summed E-state index contributed by atoms with van der Waals surface area (Å²) in [5, 5.41) is 3.35. The van der Waals surface area contributed by atoms with E-state index in [1.54, 1.807) is 54.9 Å². The van der Waals surface area contributed by atoms with Gasteiger partial charge in [0.2, 0.25) is 11.8 Å². The van der Waals surface area contributed by atoms with Gasteiger partial charge in [-0.1, -0.05) is 17.7 Å². The Labute approximate surface area is 179 Å². The molecule has 0 atom stereocenters. The second kappa shape index (κ2) is 10.4. The molecule has 154 valence electrons. The molecule has 0 aliphatic carbocycles. The van der Waals surface area contributed by atoms with E-state index in [9.17, 15) is 9.59 Å². The first kappa shape index (κ1) is 21.3. The van der Waals surface area contributed by atoms with Gasteiger partial charge in [0.05, 0.1) is 6.61 Å². The topological polar surface area (TPSA) is 84.4 Å². The predicted molar refractivity (Wildman–Crippen MR) is 114 cm³/mol. The number of hydrogen-bond acceptors (Lipinski definition) is 5. The molecule has 0 bridgehead atoms. The number of pyridine rings is 2. The average molecular weight is 425 g/mol. The van der Waals surface area contributed by atoms with E-state index < -0.39 is 0 Å². The van der Waals surface area contributed by atoms with Crippen molar-refractivity contribution in [2.24, 2.45) is 0 Å². The van der Waals surface area contributed by atoms with Gasteiger partial charge in [-0.05, 0) is 48.9 Å². The monoisotopic (exact) mass is 424 g/mol. The molecule has 2 amide bonds. The van der Waals surface area contributed by atoms with Crippen molar-refractivity contribution in [3.05, 3.63) is 83.3 Å². The second-order valence-corrected chi connectivity index (χ2v) is 6.83. The van der Waals surface area contributed by atoms with Crippen LogP contribution in [-0.2, 0) is 11.3 Å². The van der Waals surface area contributed by atoms with Crippen molar-refractivity contribution in [1.82, 2.24) is 14.9 Å². The molecule has 0 aliphatic heterocycles. The van der Waals surface area contributed by atoms with Gasteiger partial charge in [-0.2, -0.15) is 0 Å². The van der Waals surface area contributed by atoms with Gasteiger partial charge >= 0.3 is 0 Å². The molecule has 30 heavy (non-hydrogen) atoms. The summed E-state index contributed by atoms with van der Waals surface area (Å²) in [7, 11) is 0. The van der Waals surface area contributed by atoms with Crippen molar-refractivity contribution in [2.45, 2.75) is 13.5 Å². The molecule has 0 radical (unpaired) electrons. The maximum absolute atomic E-state index is 13.2. The van der Waals surface area contributed by atoms with Crippen LogP contribution in [0.25, 0.3) is 0 Å². The van der Waals surface area contributed by atoms with E-state index >= 15 is 0 Å². The van der Waals surface area contributed by atoms with Gasteiger partial charge in [0.1, 0.15) is 6.54 Å². The highest BCUT2D eigenvalue weighted by Gasteiger charge is 2.20. The Morgan fingerprint density at radius 3 is 2.63 bits per heavy atom. The lowest BCUT2D eigenvalue weighted by molar-refractivity contribution is -0.117. The maximum atomic E-state index is 13.2. The summed E-state index contributed by atoms with van der Waals surface area (Å²) in [6.45, 7) is 2.37. The highest BCUT2D eigenvalue weighted by molar-refractivity contribution is 6.30. The van der Waals surface area contributed by atoms with Crippen molar-refractivity contribution in [1.29, 1.82) is 0 Å². The van der Waals surface area contributed by atoms with Crippen LogP contribution in [0.3, 0.4) is 0 Å². The van der Waals surface area contributed by atoms with E-state index in [0.29, 0.717) is 28.8 Å². The summed E-state index contributed by atoms with van der Waals surface area (Å²) in [5.41, 5.74) is 1.79. The number of amides is 2. The van der Waals surface area contributed by atoms with E-state index in [0.717, 1.165) is 5.56 Å². The molecule has 2 heterocycles. The fraction of sp³-hybridized carbons (Fsp3) is 0.182. The van der Waals surface area contributed by atoms with Gasteiger partial charge in [0, 0.05) is 47.5 Å². The van der Waals surface area contributed by atoms with Crippen molar-refractivity contribution in [2.75, 3.05) is 18.5 Å². The minimum atomic E-state index is -0.325. The number of nitrogens with one attached hydrogen (secondary N) is 1. The number of aromatic nitrogens is 2. The third-order valence-electron chi connectivity index (χ3n) is 4.12. The lowest BCUT2D eigenvalue weighted by atomic mass is 10.2. The highest BCUT2D eigenvalue weighted by atomic mass is 35.5. The minimum Gasteiger partial charge on any atom is -0.478 e. The SMILES string of the molecule is CCOc1cc(C(=O)N(CC(=O)Nc2ccc(Cl)cc2)Cc2cccnc2)ccn1. The molecule has 0 fully saturated rings. The number of halogens is 1. The Kier molecular flexibility index (Phi) is 7.34. The number of benzene rings is 1. The Hall–Kier alpha value is -3.45. The molecule has 0 saturated carbocycles. The Balaban J connectivity index is 1.78. The van der Waals surface area contributed by atoms with Gasteiger partial charge in [-0.15, -0.1) is 0 Å². The quantitative estimate of drug-likeness (QED) is 0.594. The summed E-state index contributed by atoms with van der Waals surface area (Å²) in [5.74, 6) is -0.280. The fourth-order valence-electron chi connectivity index (χ4n) is 2.77. The lowest BCUT2D eigenvalue weighted by Crippen LogP contribution is -2.37. The third-order valence-corrected chi connectivity index (χ3v) is 4.37. The van der Waals surface area contributed by atoms with E-state index in [4.69, 9.17) is 16.3 Å². The lowest BCUT2D eigenvalue weighted by Gasteiger charge is -2.22. The van der Waals surface area contributed by atoms with Crippen LogP contribution in [-0.4, -0.2) is 39.8 Å². The first-order valence-corrected chi connectivity index (χ1v) is 9.75. The van der Waals surface area contributed by atoms with Gasteiger partial charge < -0.3 is 15.0 Å². The van der Waals surface area contributed by atoms with Gasteiger partial charge in [0.15, 0.2) is 0 Å². The van der Waals surface area contributed by atoms with Crippen molar-refractivity contribution in [3.8, 4) is 5.88 Å². The van der Waals surface area contributed by atoms with Crippen LogP contribution in [0.2, 0.25) is 5.02 Å². The summed E-state index contributed by atoms with van der Waals surface area (Å²) in [4.78, 5) is 35.4. The van der Waals surface area contributed by atoms with Crippen molar-refractivity contribution >= 4 is 29.1 Å². The number of anilines is 1. The van der Waals surface area contributed by atoms with Crippen LogP contribution in [0.5, 0.6) is 5.88 Å². The van der Waals surface area contributed by atoms with Crippen LogP contribution in [0, 0.1) is 0 Å². The first-order valence-electron chi connectivity index (χ1n) is 9.37. The molecule has 1 N–H and O–H groups in total. The Morgan fingerprint density at radius 1 is 1.13 bits per heavy atom. The molecular formula is C22H21ClN4O3. The zero-order chi connectivity index (χ0) is 21.3. The van der Waals surface area contributed by atoms with Crippen molar-refractivity contribution in [3.63, 3.8) is 0 Å². The Bertz CT molecular complexity index is 997. The van der Waals surface area contributed by atoms with Crippen LogP contribution in [0.15, 0.2) is 67.1 Å². The molecule has 1 aromatic carbocycles. The van der Waals surface area contributed by atoms with E-state index in [1.807, 2.05) is 13.0 Å². The number of rotatable bonds is 8. The van der Waals surface area contributed by atoms with Crippen molar-refractivity contribution < 1.29 is 14.3 Å². The number of hydrogen-bond donors (Lipinski definition) is 1. The first-order chi connectivity index (χ1) is 14.5. The smallest absolute Gasteiger partial charge is 0.254 e. The third kappa shape index (κ3) is 6.02. The normalized spacial score (nSPS) is 10.3. The predicted octanol–water partition coefficient (Wildman–Crippen LogP) is 3.81. The summed E-state index contributed by atoms with van der Waals surface area (Å²) < 4.78 is 5.38. The zero-order valence-electron chi connectivity index (χ0n) is 16.4. The zero-order valence-corrected chi connectivity index (χ0v) is 17.2. The molecule has 0 saturated heterocycles. The molecule has 3 rings (SSSR count). The van der Waals surface area contributed by atoms with E-state index in [2.05, 4.69) is 15.3 Å². The van der Waals surface area contributed by atoms with E-state index in [-0.39, 0.29) is 24.9 Å². The maximum Gasteiger partial charge on any atom is 0.254 e. The van der Waals surface area contributed by atoms with Crippen LogP contribution < -0.4 is 10.1 Å². The summed E-state index contributed by atoms with van der Waals surface area (Å²) >= 11 is 5.88. The minimum absolute atomic E-state index is 0.136. The molecule has 0 aliphatic rings. The molecule has 3 aromatic rings. The number of carbonyl (C=O) groups is 2. The van der Waals surface area contributed by atoms with Gasteiger partial charge in [-0.3, -0.25) is 14.6 Å². The van der Waals surface area contributed by atoms with Crippen LogP contribution >= 0.6 is 11.6 Å². The van der Waals surface area contributed by atoms with Crippen LogP contribution in [0.1, 0.15) is 22.8 Å². The highest BCUT2D eigenvalue weighted by Crippen LogP contribution is 2.16. The Morgan fingerprint density at radius 2 is 1.93 bits per heavy atom. The van der Waals surface area contributed by atoms with Gasteiger partial charge in [-0.25, -0.2) is 4.98 Å². The molecule has 0 unspecified atom stereocenters. The number of nitrogens with zero attached hydrogens (tertiary/aromatic N) is 3. The summed E-state index contributed by atoms with van der Waals surface area (Å²) in [6, 6.07) is 13.6.